The lowest BCUT2D eigenvalue weighted by atomic mass is 9.79. The highest BCUT2D eigenvalue weighted by Gasteiger charge is 2.51. The molecule has 0 bridgehead atoms. The van der Waals surface area contributed by atoms with E-state index < -0.39 is 14.2 Å². The molecule has 338 valence electrons. The van der Waals surface area contributed by atoms with Crippen LogP contribution in [0.1, 0.15) is 49.9 Å². The van der Waals surface area contributed by atoms with Crippen LogP contribution in [0.5, 0.6) is 0 Å². The third kappa shape index (κ3) is 14.5. The molecule has 67 heavy (non-hydrogen) atoms. The molecule has 2 aromatic heterocycles. The average Bonchev–Trinajstić information content (AvgIpc) is 4.08. The summed E-state index contributed by atoms with van der Waals surface area (Å²) in [6, 6.07) is 51.8. The third-order valence-electron chi connectivity index (χ3n) is 11.1. The van der Waals surface area contributed by atoms with Gasteiger partial charge in [0.05, 0.1) is 36.7 Å². The van der Waals surface area contributed by atoms with Gasteiger partial charge in [-0.1, -0.05) is 184 Å². The predicted octanol–water partition coefficient (Wildman–Crippen LogP) is 5.90. The Balaban J connectivity index is 0.000000154. The Morgan fingerprint density at radius 2 is 0.925 bits per heavy atom. The molecule has 12 nitrogen and oxygen atoms in total. The lowest BCUT2D eigenvalue weighted by molar-refractivity contribution is 0.00578. The van der Waals surface area contributed by atoms with Gasteiger partial charge in [0.25, 0.3) is 0 Å². The van der Waals surface area contributed by atoms with E-state index in [0.717, 1.165) is 50.0 Å². The molecule has 0 spiro atoms. The van der Waals surface area contributed by atoms with Crippen LogP contribution in [-0.4, -0.2) is 82.6 Å². The summed E-state index contributed by atoms with van der Waals surface area (Å²) in [5.74, 6) is 2.53. The molecule has 0 unspecified atom stereocenters. The van der Waals surface area contributed by atoms with E-state index in [1.165, 1.54) is 5.56 Å². The first-order valence-corrected chi connectivity index (χ1v) is 22.7. The average molecular weight is 957 g/mol. The molecule has 1 aliphatic rings. The van der Waals surface area contributed by atoms with Crippen LogP contribution in [0.25, 0.3) is 22.5 Å². The minimum absolute atomic E-state index is 0.260. The van der Waals surface area contributed by atoms with E-state index >= 15 is 0 Å². The first-order valence-electron chi connectivity index (χ1n) is 21.6. The third-order valence-corrected chi connectivity index (χ3v) is 11.7. The van der Waals surface area contributed by atoms with Crippen LogP contribution in [0.15, 0.2) is 176 Å². The number of benzene rings is 6. The summed E-state index contributed by atoms with van der Waals surface area (Å²) in [6.45, 7) is 9.45. The monoisotopic (exact) mass is 956 g/mol. The Hall–Kier alpha value is -6.41. The Labute approximate surface area is 401 Å². The number of halogens is 1. The Bertz CT molecular complexity index is 2610. The molecule has 4 N–H and O–H groups in total. The van der Waals surface area contributed by atoms with Crippen LogP contribution in [0.4, 0.5) is 0 Å². The quantitative estimate of drug-likeness (QED) is 0.0740. The molecule has 9 rings (SSSR count). The Kier molecular flexibility index (Phi) is 17.8. The van der Waals surface area contributed by atoms with Crippen molar-refractivity contribution in [1.29, 1.82) is 0 Å². The van der Waals surface area contributed by atoms with Crippen LogP contribution in [0.2, 0.25) is 0 Å². The molecule has 0 atom stereocenters. The summed E-state index contributed by atoms with van der Waals surface area (Å²) in [5, 5.41) is 53.7. The largest absolute Gasteiger partial charge is 0.494 e. The number of terminal acetylenes is 1. The molecule has 6 aromatic carbocycles. The smallest absolute Gasteiger partial charge is 0.423 e. The normalized spacial score (nSPS) is 13.1. The van der Waals surface area contributed by atoms with E-state index in [1.807, 2.05) is 128 Å². The molecule has 3 heterocycles. The van der Waals surface area contributed by atoms with Gasteiger partial charge in [0.1, 0.15) is 11.4 Å². The van der Waals surface area contributed by atoms with Gasteiger partial charge in [0, 0.05) is 22.0 Å². The van der Waals surface area contributed by atoms with Crippen molar-refractivity contribution in [2.45, 2.75) is 57.3 Å². The zero-order chi connectivity index (χ0) is 47.8. The highest BCUT2D eigenvalue weighted by Crippen LogP contribution is 2.36. The van der Waals surface area contributed by atoms with Gasteiger partial charge >= 0.3 is 21.4 Å². The summed E-state index contributed by atoms with van der Waals surface area (Å²) in [7, 11) is -3.13. The fourth-order valence-electron chi connectivity index (χ4n) is 6.48. The van der Waals surface area contributed by atoms with Gasteiger partial charge in [-0.15, -0.1) is 16.6 Å². The number of rotatable bonds is 10. The van der Waals surface area contributed by atoms with Gasteiger partial charge in [0.2, 0.25) is 0 Å². The van der Waals surface area contributed by atoms with Crippen molar-refractivity contribution >= 4 is 53.7 Å². The highest BCUT2D eigenvalue weighted by molar-refractivity contribution is 9.08. The number of aromatic nitrogens is 6. The molecule has 1 saturated heterocycles. The number of nitrogens with zero attached hydrogens (tertiary/aromatic N) is 6. The number of hydrogen-bond donors (Lipinski definition) is 4. The maximum Gasteiger partial charge on any atom is 0.494 e. The van der Waals surface area contributed by atoms with Gasteiger partial charge in [-0.3, -0.25) is 0 Å². The van der Waals surface area contributed by atoms with Crippen molar-refractivity contribution < 1.29 is 29.4 Å². The van der Waals surface area contributed by atoms with Gasteiger partial charge in [-0.2, -0.15) is 0 Å². The molecule has 0 radical (unpaired) electrons. The molecule has 1 fully saturated rings. The SMILES string of the molecule is C#Cc1ccccc1.CC1(C)OB(c2ccc(CBr)cc2)OC1(C)C.OB(O)c1ccc(Cn2cc(-c3ccccc3)nn2)cc1.OB(O)c1ccc(Cn2cc(-c3ccccc3)nn2)cc1. The van der Waals surface area contributed by atoms with Crippen molar-refractivity contribution in [2.24, 2.45) is 0 Å². The zero-order valence-corrected chi connectivity index (χ0v) is 39.4. The molecule has 0 saturated carbocycles. The fraction of sp³-hybridized carbons (Fsp3) is 0.176. The van der Waals surface area contributed by atoms with Crippen LogP contribution >= 0.6 is 15.9 Å². The number of alkyl halides is 1. The van der Waals surface area contributed by atoms with Crippen molar-refractivity contribution in [3.05, 3.63) is 198 Å². The summed E-state index contributed by atoms with van der Waals surface area (Å²) in [5.41, 5.74) is 9.43. The van der Waals surface area contributed by atoms with Crippen molar-refractivity contribution in [2.75, 3.05) is 0 Å². The van der Waals surface area contributed by atoms with Crippen LogP contribution in [0.3, 0.4) is 0 Å². The molecule has 8 aromatic rings. The van der Waals surface area contributed by atoms with Crippen LogP contribution < -0.4 is 16.4 Å². The maximum atomic E-state index is 9.06. The standard InChI is InChI=1S/2C15H14BN3O2.C13H18BBrO2.C8H6/c2*20-16(21)14-8-6-12(7-9-14)10-19-11-15(17-18-19)13-4-2-1-3-5-13;1-12(2)13(3,4)17-14(16-12)11-7-5-10(9-15)6-8-11;1-2-8-6-4-3-5-7-8/h2*1-9,11,20-21H,10H2;5-8H,9H2,1-4H3;1,3-7H. The van der Waals surface area contributed by atoms with Gasteiger partial charge < -0.3 is 29.4 Å². The molecule has 0 amide bonds. The maximum absolute atomic E-state index is 9.06. The van der Waals surface area contributed by atoms with E-state index in [1.54, 1.807) is 33.6 Å². The fourth-order valence-corrected chi connectivity index (χ4v) is 6.85. The van der Waals surface area contributed by atoms with Crippen molar-refractivity contribution in [3.63, 3.8) is 0 Å². The first kappa shape index (κ1) is 50.0. The summed E-state index contributed by atoms with van der Waals surface area (Å²) in [4.78, 5) is 0. The Morgan fingerprint density at radius 1 is 0.552 bits per heavy atom. The summed E-state index contributed by atoms with van der Waals surface area (Å²) < 4.78 is 15.5. The van der Waals surface area contributed by atoms with E-state index in [4.69, 9.17) is 35.8 Å². The van der Waals surface area contributed by atoms with E-state index in [-0.39, 0.29) is 18.3 Å². The van der Waals surface area contributed by atoms with E-state index in [0.29, 0.717) is 24.0 Å². The molecule has 16 heteroatoms. The minimum Gasteiger partial charge on any atom is -0.423 e. The van der Waals surface area contributed by atoms with Crippen LogP contribution in [-0.2, 0) is 27.7 Å². The summed E-state index contributed by atoms with van der Waals surface area (Å²) in [6.07, 6.45) is 8.89. The van der Waals surface area contributed by atoms with Gasteiger partial charge in [-0.25, -0.2) is 9.36 Å². The van der Waals surface area contributed by atoms with Gasteiger partial charge in [-0.05, 0) is 72.9 Å². The second-order valence-electron chi connectivity index (χ2n) is 16.5. The highest BCUT2D eigenvalue weighted by atomic mass is 79.9. The molecule has 1 aliphatic heterocycles. The van der Waals surface area contributed by atoms with E-state index in [2.05, 4.69) is 94.4 Å². The predicted molar refractivity (Wildman–Crippen MR) is 271 cm³/mol. The second-order valence-corrected chi connectivity index (χ2v) is 17.1. The van der Waals surface area contributed by atoms with Gasteiger partial charge in [0.15, 0.2) is 0 Å². The lowest BCUT2D eigenvalue weighted by Crippen LogP contribution is -2.41. The topological polar surface area (TPSA) is 161 Å². The molecular formula is C51H52B3BrN6O6. The second kappa shape index (κ2) is 23.9. The lowest BCUT2D eigenvalue weighted by Gasteiger charge is -2.32. The van der Waals surface area contributed by atoms with Crippen molar-refractivity contribution in [3.8, 4) is 34.9 Å². The van der Waals surface area contributed by atoms with Crippen LogP contribution in [0, 0.1) is 12.3 Å². The first-order chi connectivity index (χ1) is 32.2. The zero-order valence-electron chi connectivity index (χ0n) is 37.8. The molecule has 0 aliphatic carbocycles. The minimum atomic E-state index is -1.44. The van der Waals surface area contributed by atoms with Crippen molar-refractivity contribution in [1.82, 2.24) is 30.0 Å². The molecular weight excluding hydrogens is 905 g/mol. The van der Waals surface area contributed by atoms with E-state index in [9.17, 15) is 0 Å². The Morgan fingerprint density at radius 3 is 1.27 bits per heavy atom. The summed E-state index contributed by atoms with van der Waals surface area (Å²) >= 11 is 3.44. The number of hydrogen-bond acceptors (Lipinski definition) is 10.